The number of halogens is 2. The summed E-state index contributed by atoms with van der Waals surface area (Å²) in [5, 5.41) is 2.68. The molecular weight excluding hydrogens is 262 g/mol. The van der Waals surface area contributed by atoms with Crippen LogP contribution in [0.15, 0.2) is 42.5 Å². The summed E-state index contributed by atoms with van der Waals surface area (Å²) in [4.78, 5) is 13.2. The molecule has 0 radical (unpaired) electrons. The van der Waals surface area contributed by atoms with Crippen molar-refractivity contribution in [2.45, 2.75) is 0 Å². The van der Waals surface area contributed by atoms with E-state index in [1.165, 1.54) is 29.2 Å². The second kappa shape index (κ2) is 4.92. The van der Waals surface area contributed by atoms with Crippen molar-refractivity contribution in [1.29, 1.82) is 0 Å². The van der Waals surface area contributed by atoms with E-state index in [1.54, 1.807) is 18.2 Å². The molecule has 0 atom stereocenters. The van der Waals surface area contributed by atoms with Crippen molar-refractivity contribution < 1.29 is 13.6 Å². The molecule has 0 spiro atoms. The molecule has 1 fully saturated rings. The third kappa shape index (κ3) is 2.22. The van der Waals surface area contributed by atoms with Gasteiger partial charge in [0.2, 0.25) is 0 Å². The van der Waals surface area contributed by atoms with Crippen LogP contribution in [0.25, 0.3) is 11.1 Å². The second-order valence-electron chi connectivity index (χ2n) is 4.55. The lowest BCUT2D eigenvalue weighted by Gasteiger charge is -2.19. The summed E-state index contributed by atoms with van der Waals surface area (Å²) >= 11 is 0. The molecule has 1 N–H and O–H groups in total. The van der Waals surface area contributed by atoms with Gasteiger partial charge in [0, 0.05) is 18.7 Å². The second-order valence-corrected chi connectivity index (χ2v) is 4.55. The number of nitrogens with zero attached hydrogens (tertiary/aromatic N) is 1. The fourth-order valence-corrected chi connectivity index (χ4v) is 2.30. The predicted molar refractivity (Wildman–Crippen MR) is 72.5 cm³/mol. The molecule has 20 heavy (non-hydrogen) atoms. The molecule has 0 aliphatic carbocycles. The van der Waals surface area contributed by atoms with E-state index in [9.17, 15) is 13.6 Å². The zero-order chi connectivity index (χ0) is 14.1. The predicted octanol–water partition coefficient (Wildman–Crippen LogP) is 3.16. The van der Waals surface area contributed by atoms with E-state index in [4.69, 9.17) is 0 Å². The molecule has 5 heteroatoms. The summed E-state index contributed by atoms with van der Waals surface area (Å²) in [6, 6.07) is 9.90. The van der Waals surface area contributed by atoms with Crippen molar-refractivity contribution in [2.24, 2.45) is 0 Å². The molecule has 3 nitrogen and oxygen atoms in total. The normalized spacial score (nSPS) is 14.5. The Hall–Kier alpha value is -2.43. The molecular formula is C15H12F2N2O. The minimum Gasteiger partial charge on any atom is -0.336 e. The zero-order valence-corrected chi connectivity index (χ0v) is 10.6. The zero-order valence-electron chi connectivity index (χ0n) is 10.6. The fraction of sp³-hybridized carbons (Fsp3) is 0.133. The molecule has 2 aromatic carbocycles. The Morgan fingerprint density at radius 2 is 1.70 bits per heavy atom. The molecule has 0 saturated carbocycles. The number of urea groups is 1. The number of hydrogen-bond acceptors (Lipinski definition) is 1. The Bertz CT molecular complexity index is 655. The highest BCUT2D eigenvalue weighted by atomic mass is 19.1. The van der Waals surface area contributed by atoms with Crippen LogP contribution >= 0.6 is 0 Å². The number of rotatable bonds is 2. The molecule has 2 amide bonds. The summed E-state index contributed by atoms with van der Waals surface area (Å²) in [7, 11) is 0. The largest absolute Gasteiger partial charge is 0.336 e. The van der Waals surface area contributed by atoms with Crippen LogP contribution in [0, 0.1) is 11.6 Å². The Balaban J connectivity index is 2.10. The first kappa shape index (κ1) is 12.6. The topological polar surface area (TPSA) is 32.3 Å². The lowest BCUT2D eigenvalue weighted by atomic mass is 10.0. The van der Waals surface area contributed by atoms with E-state index in [0.29, 0.717) is 24.3 Å². The van der Waals surface area contributed by atoms with E-state index < -0.39 is 5.82 Å². The Morgan fingerprint density at radius 1 is 1.00 bits per heavy atom. The maximum absolute atomic E-state index is 13.5. The summed E-state index contributed by atoms with van der Waals surface area (Å²) in [6.45, 7) is 1.01. The van der Waals surface area contributed by atoms with Crippen molar-refractivity contribution in [3.05, 3.63) is 54.1 Å². The molecule has 0 bridgehead atoms. The van der Waals surface area contributed by atoms with Crippen molar-refractivity contribution in [3.63, 3.8) is 0 Å². The van der Waals surface area contributed by atoms with Crippen LogP contribution < -0.4 is 10.2 Å². The molecule has 3 rings (SSSR count). The van der Waals surface area contributed by atoms with E-state index >= 15 is 0 Å². The number of carbonyl (C=O) groups excluding carboxylic acids is 1. The van der Waals surface area contributed by atoms with Crippen LogP contribution in [0.5, 0.6) is 0 Å². The SMILES string of the molecule is O=C1NCCN1c1cc(F)ccc1-c1ccc(F)cc1. The van der Waals surface area contributed by atoms with Crippen LogP contribution in [0.1, 0.15) is 0 Å². The highest BCUT2D eigenvalue weighted by Gasteiger charge is 2.24. The number of benzene rings is 2. The lowest BCUT2D eigenvalue weighted by molar-refractivity contribution is 0.252. The van der Waals surface area contributed by atoms with Gasteiger partial charge in [-0.15, -0.1) is 0 Å². The average molecular weight is 274 g/mol. The average Bonchev–Trinajstić information content (AvgIpc) is 2.86. The van der Waals surface area contributed by atoms with Gasteiger partial charge in [0.1, 0.15) is 11.6 Å². The summed E-state index contributed by atoms with van der Waals surface area (Å²) < 4.78 is 26.5. The van der Waals surface area contributed by atoms with Gasteiger partial charge in [-0.2, -0.15) is 0 Å². The lowest BCUT2D eigenvalue weighted by Crippen LogP contribution is -2.28. The molecule has 1 saturated heterocycles. The number of carbonyl (C=O) groups is 1. The van der Waals surface area contributed by atoms with E-state index in [0.717, 1.165) is 5.56 Å². The van der Waals surface area contributed by atoms with Crippen LogP contribution in [0.4, 0.5) is 19.3 Å². The quantitative estimate of drug-likeness (QED) is 0.896. The van der Waals surface area contributed by atoms with Gasteiger partial charge >= 0.3 is 6.03 Å². The Morgan fingerprint density at radius 3 is 2.35 bits per heavy atom. The minimum atomic E-state index is -0.412. The van der Waals surface area contributed by atoms with Crippen molar-refractivity contribution >= 4 is 11.7 Å². The van der Waals surface area contributed by atoms with E-state index in [-0.39, 0.29) is 11.8 Å². The molecule has 1 aliphatic rings. The van der Waals surface area contributed by atoms with Gasteiger partial charge in [-0.1, -0.05) is 12.1 Å². The number of amides is 2. The molecule has 1 aliphatic heterocycles. The van der Waals surface area contributed by atoms with Crippen LogP contribution in [0.2, 0.25) is 0 Å². The summed E-state index contributed by atoms with van der Waals surface area (Å²) in [6.07, 6.45) is 0. The fourth-order valence-electron chi connectivity index (χ4n) is 2.30. The van der Waals surface area contributed by atoms with Gasteiger partial charge in [-0.05, 0) is 35.9 Å². The first-order valence-electron chi connectivity index (χ1n) is 6.26. The van der Waals surface area contributed by atoms with Crippen molar-refractivity contribution in [2.75, 3.05) is 18.0 Å². The van der Waals surface area contributed by atoms with Gasteiger partial charge in [0.05, 0.1) is 5.69 Å². The van der Waals surface area contributed by atoms with Crippen LogP contribution in [-0.2, 0) is 0 Å². The van der Waals surface area contributed by atoms with Gasteiger partial charge in [0.15, 0.2) is 0 Å². The van der Waals surface area contributed by atoms with Crippen molar-refractivity contribution in [1.82, 2.24) is 5.32 Å². The van der Waals surface area contributed by atoms with Gasteiger partial charge in [-0.25, -0.2) is 13.6 Å². The first-order chi connectivity index (χ1) is 9.65. The van der Waals surface area contributed by atoms with Crippen molar-refractivity contribution in [3.8, 4) is 11.1 Å². The van der Waals surface area contributed by atoms with Gasteiger partial charge in [-0.3, -0.25) is 4.90 Å². The maximum Gasteiger partial charge on any atom is 0.322 e. The van der Waals surface area contributed by atoms with E-state index in [2.05, 4.69) is 5.32 Å². The van der Waals surface area contributed by atoms with Crippen LogP contribution in [0.3, 0.4) is 0 Å². The molecule has 2 aromatic rings. The summed E-state index contributed by atoms with van der Waals surface area (Å²) in [5.41, 5.74) is 1.93. The molecule has 0 unspecified atom stereocenters. The molecule has 102 valence electrons. The molecule has 1 heterocycles. The van der Waals surface area contributed by atoms with Crippen LogP contribution in [-0.4, -0.2) is 19.1 Å². The summed E-state index contributed by atoms with van der Waals surface area (Å²) in [5.74, 6) is -0.748. The van der Waals surface area contributed by atoms with Gasteiger partial charge < -0.3 is 5.32 Å². The smallest absolute Gasteiger partial charge is 0.322 e. The Labute approximate surface area is 114 Å². The van der Waals surface area contributed by atoms with Gasteiger partial charge in [0.25, 0.3) is 0 Å². The number of nitrogens with one attached hydrogen (secondary N) is 1. The molecule has 0 aromatic heterocycles. The highest BCUT2D eigenvalue weighted by Crippen LogP contribution is 2.32. The number of hydrogen-bond donors (Lipinski definition) is 1. The third-order valence-electron chi connectivity index (χ3n) is 3.26. The maximum atomic E-state index is 13.5. The highest BCUT2D eigenvalue weighted by molar-refractivity contribution is 5.98. The monoisotopic (exact) mass is 274 g/mol. The first-order valence-corrected chi connectivity index (χ1v) is 6.26. The Kier molecular flexibility index (Phi) is 3.10. The standard InChI is InChI=1S/C15H12F2N2O/c16-11-3-1-10(2-4-11)13-6-5-12(17)9-14(13)19-8-7-18-15(19)20/h1-6,9H,7-8H2,(H,18,20). The minimum absolute atomic E-state index is 0.251. The number of anilines is 1. The van der Waals surface area contributed by atoms with E-state index in [1.807, 2.05) is 0 Å². The third-order valence-corrected chi connectivity index (χ3v) is 3.26.